The summed E-state index contributed by atoms with van der Waals surface area (Å²) in [4.78, 5) is 18.3. The smallest absolute Gasteiger partial charge is 0.351 e. The molecule has 1 aromatic heterocycles. The van der Waals surface area contributed by atoms with Crippen molar-refractivity contribution in [3.05, 3.63) is 32.7 Å². The molecule has 9 heteroatoms. The van der Waals surface area contributed by atoms with Crippen molar-refractivity contribution in [3.63, 3.8) is 0 Å². The van der Waals surface area contributed by atoms with Crippen LogP contribution in [-0.2, 0) is 11.2 Å². The van der Waals surface area contributed by atoms with E-state index in [1.54, 1.807) is 0 Å². The van der Waals surface area contributed by atoms with Crippen LogP contribution in [0.4, 0.5) is 5.82 Å². The zero-order valence-corrected chi connectivity index (χ0v) is 11.1. The quantitative estimate of drug-likeness (QED) is 0.346. The van der Waals surface area contributed by atoms with Crippen LogP contribution >= 0.6 is 0 Å². The first-order chi connectivity index (χ1) is 10.1. The average molecular weight is 290 g/mol. The Morgan fingerprint density at radius 1 is 1.76 bits per heavy atom. The maximum absolute atomic E-state index is 11.9. The lowest BCUT2D eigenvalue weighted by molar-refractivity contribution is -0.0270. The van der Waals surface area contributed by atoms with Gasteiger partial charge in [-0.3, -0.25) is 4.57 Å². The summed E-state index contributed by atoms with van der Waals surface area (Å²) in [7, 11) is 0. The summed E-state index contributed by atoms with van der Waals surface area (Å²) in [5.74, 6) is 2.51. The number of aromatic nitrogens is 2. The Balaban J connectivity index is 2.35. The van der Waals surface area contributed by atoms with Gasteiger partial charge >= 0.3 is 5.69 Å². The fraction of sp³-hybridized carbons (Fsp3) is 0.500. The van der Waals surface area contributed by atoms with Gasteiger partial charge in [-0.2, -0.15) is 4.98 Å². The molecule has 0 bridgehead atoms. The number of terminal acetylenes is 1. The van der Waals surface area contributed by atoms with E-state index in [-0.39, 0.29) is 25.3 Å². The molecule has 1 saturated heterocycles. The maximum Gasteiger partial charge on any atom is 0.351 e. The second-order valence-corrected chi connectivity index (χ2v) is 4.54. The number of hydrogen-bond acceptors (Lipinski definition) is 6. The Labute approximate surface area is 120 Å². The van der Waals surface area contributed by atoms with Crippen LogP contribution in [0.25, 0.3) is 10.4 Å². The third-order valence-corrected chi connectivity index (χ3v) is 3.25. The SMILES string of the molecule is C#CCc1cn([C@H]2C[C@H](N=[N+]=[N-])[C@@H](CO)O2)c(=O)nc1N. The molecule has 21 heavy (non-hydrogen) atoms. The zero-order chi connectivity index (χ0) is 15.4. The van der Waals surface area contributed by atoms with Gasteiger partial charge < -0.3 is 15.6 Å². The van der Waals surface area contributed by atoms with Gasteiger partial charge in [0.1, 0.15) is 12.0 Å². The van der Waals surface area contributed by atoms with Crippen LogP contribution in [0, 0.1) is 12.3 Å². The van der Waals surface area contributed by atoms with Gasteiger partial charge in [-0.15, -0.1) is 12.3 Å². The monoisotopic (exact) mass is 290 g/mol. The summed E-state index contributed by atoms with van der Waals surface area (Å²) in [5, 5.41) is 12.8. The van der Waals surface area contributed by atoms with Crippen LogP contribution < -0.4 is 11.4 Å². The number of hydrogen-bond donors (Lipinski definition) is 2. The van der Waals surface area contributed by atoms with E-state index in [9.17, 15) is 9.90 Å². The van der Waals surface area contributed by atoms with Crippen molar-refractivity contribution in [1.29, 1.82) is 0 Å². The second-order valence-electron chi connectivity index (χ2n) is 4.54. The normalized spacial score (nSPS) is 24.3. The number of rotatable bonds is 4. The minimum absolute atomic E-state index is 0.0810. The van der Waals surface area contributed by atoms with Crippen molar-refractivity contribution in [3.8, 4) is 12.3 Å². The van der Waals surface area contributed by atoms with Crippen molar-refractivity contribution >= 4 is 5.82 Å². The molecule has 0 radical (unpaired) electrons. The Bertz CT molecular complexity index is 673. The third kappa shape index (κ3) is 2.98. The van der Waals surface area contributed by atoms with Crippen LogP contribution in [0.1, 0.15) is 18.2 Å². The first kappa shape index (κ1) is 14.9. The molecule has 0 aliphatic carbocycles. The van der Waals surface area contributed by atoms with Gasteiger partial charge in [0.2, 0.25) is 0 Å². The third-order valence-electron chi connectivity index (χ3n) is 3.25. The fourth-order valence-corrected chi connectivity index (χ4v) is 2.21. The molecule has 9 nitrogen and oxygen atoms in total. The van der Waals surface area contributed by atoms with E-state index in [1.165, 1.54) is 10.8 Å². The predicted molar refractivity (Wildman–Crippen MR) is 74.0 cm³/mol. The number of nitrogens with zero attached hydrogens (tertiary/aromatic N) is 5. The van der Waals surface area contributed by atoms with E-state index in [0.717, 1.165) is 0 Å². The van der Waals surface area contributed by atoms with E-state index >= 15 is 0 Å². The van der Waals surface area contributed by atoms with E-state index in [2.05, 4.69) is 20.9 Å². The number of aliphatic hydroxyl groups is 1. The van der Waals surface area contributed by atoms with Crippen LogP contribution in [0.2, 0.25) is 0 Å². The summed E-state index contributed by atoms with van der Waals surface area (Å²) >= 11 is 0. The number of ether oxygens (including phenoxy) is 1. The predicted octanol–water partition coefficient (Wildman–Crippen LogP) is -0.0401. The number of anilines is 1. The van der Waals surface area contributed by atoms with Gasteiger partial charge in [-0.25, -0.2) is 4.79 Å². The highest BCUT2D eigenvalue weighted by molar-refractivity contribution is 5.39. The Kier molecular flexibility index (Phi) is 4.45. The summed E-state index contributed by atoms with van der Waals surface area (Å²) in [6, 6.07) is -0.550. The Morgan fingerprint density at radius 3 is 3.14 bits per heavy atom. The molecule has 3 atom stereocenters. The molecule has 0 spiro atoms. The number of nitrogens with two attached hydrogens (primary N) is 1. The molecule has 0 aromatic carbocycles. The number of azide groups is 1. The minimum atomic E-state index is -0.685. The molecule has 1 aliphatic heterocycles. The first-order valence-electron chi connectivity index (χ1n) is 6.22. The van der Waals surface area contributed by atoms with Crippen LogP contribution in [0.3, 0.4) is 0 Å². The first-order valence-corrected chi connectivity index (χ1v) is 6.22. The summed E-state index contributed by atoms with van der Waals surface area (Å²) in [5.41, 5.74) is 14.1. The molecule has 1 fully saturated rings. The number of nitrogen functional groups attached to an aromatic ring is 1. The van der Waals surface area contributed by atoms with Gasteiger partial charge in [-0.1, -0.05) is 5.11 Å². The van der Waals surface area contributed by atoms with Gasteiger partial charge in [-0.05, 0) is 5.53 Å². The zero-order valence-electron chi connectivity index (χ0n) is 11.1. The lowest BCUT2D eigenvalue weighted by Crippen LogP contribution is -2.29. The maximum atomic E-state index is 11.9. The summed E-state index contributed by atoms with van der Waals surface area (Å²) in [6.07, 6.45) is 5.87. The topological polar surface area (TPSA) is 139 Å². The molecule has 2 heterocycles. The molecular weight excluding hydrogens is 276 g/mol. The summed E-state index contributed by atoms with van der Waals surface area (Å²) < 4.78 is 6.78. The van der Waals surface area contributed by atoms with Crippen molar-refractivity contribution < 1.29 is 9.84 Å². The molecule has 0 unspecified atom stereocenters. The molecule has 110 valence electrons. The molecule has 1 aliphatic rings. The van der Waals surface area contributed by atoms with Crippen LogP contribution in [-0.4, -0.2) is 33.4 Å². The molecule has 0 saturated carbocycles. The van der Waals surface area contributed by atoms with Crippen LogP contribution in [0.5, 0.6) is 0 Å². The van der Waals surface area contributed by atoms with E-state index < -0.39 is 24.1 Å². The van der Waals surface area contributed by atoms with Crippen molar-refractivity contribution in [2.75, 3.05) is 12.3 Å². The molecule has 3 N–H and O–H groups in total. The lowest BCUT2D eigenvalue weighted by atomic mass is 10.1. The van der Waals surface area contributed by atoms with E-state index in [0.29, 0.717) is 5.56 Å². The Hall–Kier alpha value is -2.53. The fourth-order valence-electron chi connectivity index (χ4n) is 2.21. The number of aliphatic hydroxyl groups excluding tert-OH is 1. The van der Waals surface area contributed by atoms with Crippen molar-refractivity contribution in [1.82, 2.24) is 9.55 Å². The molecule has 1 aromatic rings. The van der Waals surface area contributed by atoms with Gasteiger partial charge in [0.05, 0.1) is 18.8 Å². The Morgan fingerprint density at radius 2 is 2.52 bits per heavy atom. The van der Waals surface area contributed by atoms with Crippen molar-refractivity contribution in [2.45, 2.75) is 31.2 Å². The van der Waals surface area contributed by atoms with Crippen LogP contribution in [0.15, 0.2) is 16.1 Å². The highest BCUT2D eigenvalue weighted by atomic mass is 16.5. The second kappa shape index (κ2) is 6.28. The highest BCUT2D eigenvalue weighted by Gasteiger charge is 2.35. The minimum Gasteiger partial charge on any atom is -0.394 e. The van der Waals surface area contributed by atoms with E-state index in [1.807, 2.05) is 0 Å². The molecule has 0 amide bonds. The van der Waals surface area contributed by atoms with Gasteiger partial charge in [0.25, 0.3) is 0 Å². The largest absolute Gasteiger partial charge is 0.394 e. The van der Waals surface area contributed by atoms with Gasteiger partial charge in [0, 0.05) is 29.5 Å². The van der Waals surface area contributed by atoms with Crippen molar-refractivity contribution in [2.24, 2.45) is 5.11 Å². The molecular formula is C12H14N6O3. The summed E-state index contributed by atoms with van der Waals surface area (Å²) in [6.45, 7) is -0.311. The lowest BCUT2D eigenvalue weighted by Gasteiger charge is -2.15. The average Bonchev–Trinajstić information content (AvgIpc) is 2.85. The van der Waals surface area contributed by atoms with Gasteiger partial charge in [0.15, 0.2) is 0 Å². The standard InChI is InChI=1S/C12H14N6O3/c1-2-3-7-5-18(12(20)15-11(7)13)10-4-8(16-17-14)9(6-19)21-10/h1,5,8-10,19H,3-4,6H2,(H2,13,15,20)/t8-,9+,10+/m0/s1. The highest BCUT2D eigenvalue weighted by Crippen LogP contribution is 2.30. The van der Waals surface area contributed by atoms with E-state index in [4.69, 9.17) is 22.4 Å². The molecule has 2 rings (SSSR count).